The molecule has 1 aromatic carbocycles. The third-order valence-corrected chi connectivity index (χ3v) is 2.71. The molecule has 2 nitrogen and oxygen atoms in total. The molecule has 0 spiro atoms. The van der Waals surface area contributed by atoms with Crippen LogP contribution in [0, 0.1) is 5.92 Å². The molecule has 0 aromatic heterocycles. The van der Waals surface area contributed by atoms with Gasteiger partial charge >= 0.3 is 0 Å². The second-order valence-corrected chi connectivity index (χ2v) is 3.83. The molecule has 2 rings (SSSR count). The first-order chi connectivity index (χ1) is 6.83. The van der Waals surface area contributed by atoms with Crippen molar-refractivity contribution in [3.8, 4) is 5.75 Å². The van der Waals surface area contributed by atoms with E-state index in [9.17, 15) is 0 Å². The Morgan fingerprint density at radius 2 is 2.14 bits per heavy atom. The maximum Gasteiger partial charge on any atom is 0.124 e. The van der Waals surface area contributed by atoms with Gasteiger partial charge in [-0.2, -0.15) is 0 Å². The number of hydrogen-bond donors (Lipinski definition) is 1. The van der Waals surface area contributed by atoms with Crippen LogP contribution in [-0.4, -0.2) is 6.61 Å². The molecule has 2 N–H and O–H groups in total. The lowest BCUT2D eigenvalue weighted by Gasteiger charge is -2.15. The van der Waals surface area contributed by atoms with Crippen molar-refractivity contribution in [2.45, 2.75) is 25.8 Å². The van der Waals surface area contributed by atoms with Crippen molar-refractivity contribution in [3.63, 3.8) is 0 Å². The number of nitrogens with two attached hydrogens (primary N) is 1. The van der Waals surface area contributed by atoms with Gasteiger partial charge < -0.3 is 10.5 Å². The van der Waals surface area contributed by atoms with E-state index in [-0.39, 0.29) is 6.04 Å². The van der Waals surface area contributed by atoms with Crippen LogP contribution < -0.4 is 10.5 Å². The number of ether oxygens (including phenoxy) is 1. The van der Waals surface area contributed by atoms with E-state index in [4.69, 9.17) is 10.5 Å². The van der Waals surface area contributed by atoms with Crippen molar-refractivity contribution < 1.29 is 4.74 Å². The Hall–Kier alpha value is -1.02. The van der Waals surface area contributed by atoms with Crippen LogP contribution in [0.1, 0.15) is 31.4 Å². The van der Waals surface area contributed by atoms with Crippen LogP contribution in [0.5, 0.6) is 5.75 Å². The standard InChI is InChI=1S/C12H17NO/c1-2-14-11-6-4-3-5-10(11)12(13)9-7-8-9/h3-6,9,12H,2,7-8,13H2,1H3/t12-/m0/s1. The highest BCUT2D eigenvalue weighted by Gasteiger charge is 2.30. The van der Waals surface area contributed by atoms with Gasteiger partial charge in [0.25, 0.3) is 0 Å². The van der Waals surface area contributed by atoms with Gasteiger partial charge in [0.1, 0.15) is 5.75 Å². The van der Waals surface area contributed by atoms with Crippen LogP contribution in [-0.2, 0) is 0 Å². The van der Waals surface area contributed by atoms with Crippen LogP contribution in [0.25, 0.3) is 0 Å². The zero-order valence-corrected chi connectivity index (χ0v) is 8.57. The summed E-state index contributed by atoms with van der Waals surface area (Å²) in [6, 6.07) is 8.27. The van der Waals surface area contributed by atoms with Crippen LogP contribution in [0.2, 0.25) is 0 Å². The molecule has 2 heteroatoms. The Balaban J connectivity index is 2.20. The second-order valence-electron chi connectivity index (χ2n) is 3.83. The second kappa shape index (κ2) is 4.01. The summed E-state index contributed by atoms with van der Waals surface area (Å²) >= 11 is 0. The molecule has 1 aliphatic carbocycles. The average Bonchev–Trinajstić information content (AvgIpc) is 3.01. The summed E-state index contributed by atoms with van der Waals surface area (Å²) in [4.78, 5) is 0. The summed E-state index contributed by atoms with van der Waals surface area (Å²) < 4.78 is 5.56. The molecule has 0 heterocycles. The molecule has 0 amide bonds. The molecule has 0 unspecified atom stereocenters. The first-order valence-corrected chi connectivity index (χ1v) is 5.30. The maximum absolute atomic E-state index is 6.15. The Morgan fingerprint density at radius 3 is 2.79 bits per heavy atom. The summed E-state index contributed by atoms with van der Waals surface area (Å²) in [5.41, 5.74) is 7.32. The van der Waals surface area contributed by atoms with Crippen LogP contribution in [0.15, 0.2) is 24.3 Å². The van der Waals surface area contributed by atoms with Crippen molar-refractivity contribution >= 4 is 0 Å². The van der Waals surface area contributed by atoms with E-state index in [2.05, 4.69) is 6.07 Å². The summed E-state index contributed by atoms with van der Waals surface area (Å²) in [6.45, 7) is 2.70. The van der Waals surface area contributed by atoms with E-state index >= 15 is 0 Å². The van der Waals surface area contributed by atoms with Crippen molar-refractivity contribution in [2.75, 3.05) is 6.61 Å². The highest BCUT2D eigenvalue weighted by molar-refractivity contribution is 5.36. The zero-order valence-electron chi connectivity index (χ0n) is 8.57. The first-order valence-electron chi connectivity index (χ1n) is 5.30. The third kappa shape index (κ3) is 1.90. The highest BCUT2D eigenvalue weighted by Crippen LogP contribution is 2.41. The molecule has 14 heavy (non-hydrogen) atoms. The van der Waals surface area contributed by atoms with Gasteiger partial charge in [-0.25, -0.2) is 0 Å². The van der Waals surface area contributed by atoms with E-state index in [1.54, 1.807) is 0 Å². The Bertz CT molecular complexity index is 307. The van der Waals surface area contributed by atoms with E-state index in [1.807, 2.05) is 25.1 Å². The molecule has 0 bridgehead atoms. The van der Waals surface area contributed by atoms with Crippen LogP contribution >= 0.6 is 0 Å². The van der Waals surface area contributed by atoms with Crippen LogP contribution in [0.3, 0.4) is 0 Å². The lowest BCUT2D eigenvalue weighted by molar-refractivity contribution is 0.333. The van der Waals surface area contributed by atoms with Crippen molar-refractivity contribution in [1.29, 1.82) is 0 Å². The molecular formula is C12H17NO. The van der Waals surface area contributed by atoms with Crippen LogP contribution in [0.4, 0.5) is 0 Å². The lowest BCUT2D eigenvalue weighted by atomic mass is 10.0. The maximum atomic E-state index is 6.15. The van der Waals surface area contributed by atoms with E-state index in [1.165, 1.54) is 12.8 Å². The third-order valence-electron chi connectivity index (χ3n) is 2.71. The van der Waals surface area contributed by atoms with Gasteiger partial charge in [-0.05, 0) is 31.7 Å². The summed E-state index contributed by atoms with van der Waals surface area (Å²) in [5.74, 6) is 1.63. The predicted octanol–water partition coefficient (Wildman–Crippen LogP) is 2.50. The van der Waals surface area contributed by atoms with Crippen molar-refractivity contribution in [1.82, 2.24) is 0 Å². The van der Waals surface area contributed by atoms with Gasteiger partial charge in [-0.1, -0.05) is 18.2 Å². The van der Waals surface area contributed by atoms with E-state index < -0.39 is 0 Å². The van der Waals surface area contributed by atoms with Gasteiger partial charge in [0, 0.05) is 11.6 Å². The number of hydrogen-bond acceptors (Lipinski definition) is 2. The number of rotatable bonds is 4. The van der Waals surface area contributed by atoms with Gasteiger partial charge in [0.05, 0.1) is 6.61 Å². The monoisotopic (exact) mass is 191 g/mol. The molecule has 0 aliphatic heterocycles. The van der Waals surface area contributed by atoms with Gasteiger partial charge in [-0.15, -0.1) is 0 Å². The molecular weight excluding hydrogens is 174 g/mol. The van der Waals surface area contributed by atoms with Gasteiger partial charge in [-0.3, -0.25) is 0 Å². The van der Waals surface area contributed by atoms with Crippen molar-refractivity contribution in [2.24, 2.45) is 11.7 Å². The fourth-order valence-electron chi connectivity index (χ4n) is 1.75. The Morgan fingerprint density at radius 1 is 1.43 bits per heavy atom. The van der Waals surface area contributed by atoms with Crippen molar-refractivity contribution in [3.05, 3.63) is 29.8 Å². The topological polar surface area (TPSA) is 35.2 Å². The Labute approximate surface area is 85.1 Å². The fourth-order valence-corrected chi connectivity index (χ4v) is 1.75. The summed E-state index contributed by atoms with van der Waals surface area (Å²) in [6.07, 6.45) is 2.53. The number of benzene rings is 1. The summed E-state index contributed by atoms with van der Waals surface area (Å²) in [7, 11) is 0. The molecule has 0 saturated heterocycles. The quantitative estimate of drug-likeness (QED) is 0.793. The molecule has 1 saturated carbocycles. The lowest BCUT2D eigenvalue weighted by Crippen LogP contribution is -2.13. The normalized spacial score (nSPS) is 17.9. The van der Waals surface area contributed by atoms with Gasteiger partial charge in [0.15, 0.2) is 0 Å². The minimum atomic E-state index is 0.165. The molecule has 1 aromatic rings. The minimum absolute atomic E-state index is 0.165. The first kappa shape index (κ1) is 9.53. The average molecular weight is 191 g/mol. The molecule has 1 fully saturated rings. The molecule has 76 valence electrons. The highest BCUT2D eigenvalue weighted by atomic mass is 16.5. The SMILES string of the molecule is CCOc1ccccc1[C@@H](N)C1CC1. The number of para-hydroxylation sites is 1. The molecule has 0 radical (unpaired) electrons. The largest absolute Gasteiger partial charge is 0.494 e. The Kier molecular flexibility index (Phi) is 2.73. The summed E-state index contributed by atoms with van der Waals surface area (Å²) in [5, 5.41) is 0. The van der Waals surface area contributed by atoms with E-state index in [0.29, 0.717) is 12.5 Å². The fraction of sp³-hybridized carbons (Fsp3) is 0.500. The molecule has 1 aliphatic rings. The molecule has 1 atom stereocenters. The minimum Gasteiger partial charge on any atom is -0.494 e. The predicted molar refractivity (Wildman–Crippen MR) is 57.3 cm³/mol. The zero-order chi connectivity index (χ0) is 9.97. The smallest absolute Gasteiger partial charge is 0.124 e. The van der Waals surface area contributed by atoms with E-state index in [0.717, 1.165) is 11.3 Å². The van der Waals surface area contributed by atoms with Gasteiger partial charge in [0.2, 0.25) is 0 Å².